The van der Waals surface area contributed by atoms with Crippen molar-refractivity contribution in [2.24, 2.45) is 0 Å². The summed E-state index contributed by atoms with van der Waals surface area (Å²) in [5.74, 6) is -3.52. The Kier molecular flexibility index (Phi) is 4.07. The van der Waals surface area contributed by atoms with E-state index in [4.69, 9.17) is 11.6 Å². The fourth-order valence-electron chi connectivity index (χ4n) is 1.06. The topological polar surface area (TPSA) is 22.1 Å². The number of rotatable bonds is 3. The number of hydrogen-bond acceptors (Lipinski definition) is 2. The molecule has 1 rings (SSSR count). The highest BCUT2D eigenvalue weighted by Gasteiger charge is 2.34. The number of pyridine rings is 1. The van der Waals surface area contributed by atoms with Gasteiger partial charge < -0.3 is 4.74 Å². The SMILES string of the molecule is Fc1cc(C(F)F)c(CCl)c(OC(F)(F)F)n1. The molecule has 0 unspecified atom stereocenters. The summed E-state index contributed by atoms with van der Waals surface area (Å²) in [5.41, 5.74) is -1.67. The van der Waals surface area contributed by atoms with Crippen LogP contribution in [0.2, 0.25) is 0 Å². The third-order valence-electron chi connectivity index (χ3n) is 1.67. The van der Waals surface area contributed by atoms with Gasteiger partial charge in [0.15, 0.2) is 0 Å². The van der Waals surface area contributed by atoms with Crippen molar-refractivity contribution in [2.75, 3.05) is 0 Å². The van der Waals surface area contributed by atoms with Crippen LogP contribution in [0.1, 0.15) is 17.6 Å². The van der Waals surface area contributed by atoms with E-state index in [1.807, 2.05) is 0 Å². The summed E-state index contributed by atoms with van der Waals surface area (Å²) in [7, 11) is 0. The third kappa shape index (κ3) is 3.65. The van der Waals surface area contributed by atoms with Crippen LogP contribution in [-0.2, 0) is 5.88 Å². The van der Waals surface area contributed by atoms with Crippen LogP contribution >= 0.6 is 11.6 Å². The largest absolute Gasteiger partial charge is 0.574 e. The highest BCUT2D eigenvalue weighted by molar-refractivity contribution is 6.17. The van der Waals surface area contributed by atoms with Crippen LogP contribution in [-0.4, -0.2) is 11.3 Å². The molecule has 0 atom stereocenters. The summed E-state index contributed by atoms with van der Waals surface area (Å²) in [6.07, 6.45) is -8.35. The molecule has 9 heteroatoms. The van der Waals surface area contributed by atoms with Gasteiger partial charge >= 0.3 is 6.36 Å². The molecule has 0 aliphatic rings. The maximum atomic E-state index is 12.7. The Morgan fingerprint density at radius 2 is 1.94 bits per heavy atom. The molecule has 0 bridgehead atoms. The van der Waals surface area contributed by atoms with Crippen molar-refractivity contribution < 1.29 is 31.1 Å². The second kappa shape index (κ2) is 4.99. The van der Waals surface area contributed by atoms with E-state index in [9.17, 15) is 26.3 Å². The zero-order valence-electron chi connectivity index (χ0n) is 7.86. The molecule has 0 aliphatic carbocycles. The first-order valence-electron chi connectivity index (χ1n) is 4.03. The first kappa shape index (κ1) is 13.9. The van der Waals surface area contributed by atoms with Gasteiger partial charge in [0.25, 0.3) is 6.43 Å². The first-order chi connectivity index (χ1) is 7.74. The highest BCUT2D eigenvalue weighted by atomic mass is 35.5. The molecule has 17 heavy (non-hydrogen) atoms. The minimum atomic E-state index is -5.17. The maximum Gasteiger partial charge on any atom is 0.574 e. The van der Waals surface area contributed by atoms with Crippen molar-refractivity contribution in [3.05, 3.63) is 23.1 Å². The third-order valence-corrected chi connectivity index (χ3v) is 1.94. The molecule has 0 amide bonds. The van der Waals surface area contributed by atoms with E-state index >= 15 is 0 Å². The Bertz CT molecular complexity index is 408. The summed E-state index contributed by atoms with van der Waals surface area (Å²) in [6, 6.07) is 0.311. The average Bonchev–Trinajstić information content (AvgIpc) is 2.14. The fourth-order valence-corrected chi connectivity index (χ4v) is 1.33. The molecule has 2 nitrogen and oxygen atoms in total. The molecular weight excluding hydrogens is 276 g/mol. The number of aromatic nitrogens is 1. The lowest BCUT2D eigenvalue weighted by atomic mass is 10.1. The smallest absolute Gasteiger partial charge is 0.387 e. The molecule has 0 aromatic carbocycles. The molecular formula is C8H4ClF6NO. The van der Waals surface area contributed by atoms with E-state index in [-0.39, 0.29) is 0 Å². The molecule has 1 aromatic rings. The lowest BCUT2D eigenvalue weighted by Crippen LogP contribution is -2.20. The molecule has 1 heterocycles. The standard InChI is InChI=1S/C8H4ClF6NO/c9-2-4-3(6(11)12)1-5(10)16-7(4)17-8(13,14)15/h1,6H,2H2. The van der Waals surface area contributed by atoms with Crippen molar-refractivity contribution in [3.63, 3.8) is 0 Å². The minimum absolute atomic E-state index is 0.311. The lowest BCUT2D eigenvalue weighted by Gasteiger charge is -2.13. The van der Waals surface area contributed by atoms with Crippen LogP contribution in [0.5, 0.6) is 5.88 Å². The molecule has 0 N–H and O–H groups in total. The molecule has 0 fully saturated rings. The predicted octanol–water partition coefficient (Wildman–Crippen LogP) is 3.80. The monoisotopic (exact) mass is 279 g/mol. The molecule has 1 aromatic heterocycles. The van der Waals surface area contributed by atoms with Gasteiger partial charge in [-0.1, -0.05) is 0 Å². The number of ether oxygens (including phenoxy) is 1. The second-order valence-corrected chi connectivity index (χ2v) is 3.07. The zero-order valence-corrected chi connectivity index (χ0v) is 8.62. The molecule has 96 valence electrons. The van der Waals surface area contributed by atoms with Gasteiger partial charge in [-0.05, 0) is 0 Å². The van der Waals surface area contributed by atoms with Crippen LogP contribution in [0.3, 0.4) is 0 Å². The summed E-state index contributed by atoms with van der Waals surface area (Å²) in [6.45, 7) is 0. The molecule has 0 saturated heterocycles. The Morgan fingerprint density at radius 1 is 1.35 bits per heavy atom. The normalized spacial score (nSPS) is 12.0. The van der Waals surface area contributed by atoms with E-state index in [0.29, 0.717) is 6.07 Å². The number of hydrogen-bond donors (Lipinski definition) is 0. The van der Waals surface area contributed by atoms with Crippen molar-refractivity contribution in [1.29, 1.82) is 0 Å². The van der Waals surface area contributed by atoms with Gasteiger partial charge in [0.1, 0.15) is 0 Å². The second-order valence-electron chi connectivity index (χ2n) is 2.80. The molecule has 0 saturated carbocycles. The molecule has 0 spiro atoms. The Morgan fingerprint density at radius 3 is 2.35 bits per heavy atom. The van der Waals surface area contributed by atoms with E-state index in [2.05, 4.69) is 9.72 Å². The van der Waals surface area contributed by atoms with E-state index in [1.165, 1.54) is 0 Å². The minimum Gasteiger partial charge on any atom is -0.387 e. The van der Waals surface area contributed by atoms with Gasteiger partial charge in [0.05, 0.1) is 5.88 Å². The van der Waals surface area contributed by atoms with Crippen LogP contribution in [0, 0.1) is 5.95 Å². The van der Waals surface area contributed by atoms with Gasteiger partial charge in [0, 0.05) is 17.2 Å². The highest BCUT2D eigenvalue weighted by Crippen LogP contribution is 2.33. The van der Waals surface area contributed by atoms with Crippen molar-refractivity contribution >= 4 is 11.6 Å². The van der Waals surface area contributed by atoms with Gasteiger partial charge in [-0.2, -0.15) is 9.37 Å². The van der Waals surface area contributed by atoms with Crippen LogP contribution < -0.4 is 4.74 Å². The van der Waals surface area contributed by atoms with Crippen LogP contribution in [0.4, 0.5) is 26.3 Å². The molecule has 0 radical (unpaired) electrons. The van der Waals surface area contributed by atoms with Crippen molar-refractivity contribution in [2.45, 2.75) is 18.7 Å². The van der Waals surface area contributed by atoms with Gasteiger partial charge in [-0.25, -0.2) is 8.78 Å². The summed E-state index contributed by atoms with van der Waals surface area (Å²) in [4.78, 5) is 2.75. The Labute approximate surface area is 96.2 Å². The average molecular weight is 280 g/mol. The van der Waals surface area contributed by atoms with Gasteiger partial charge in [0.2, 0.25) is 11.8 Å². The molecule has 0 aliphatic heterocycles. The van der Waals surface area contributed by atoms with Crippen molar-refractivity contribution in [3.8, 4) is 5.88 Å². The zero-order chi connectivity index (χ0) is 13.2. The predicted molar refractivity (Wildman–Crippen MR) is 45.4 cm³/mol. The summed E-state index contributed by atoms with van der Waals surface area (Å²) >= 11 is 5.22. The number of alkyl halides is 6. The number of nitrogens with zero attached hydrogens (tertiary/aromatic N) is 1. The fraction of sp³-hybridized carbons (Fsp3) is 0.375. The first-order valence-corrected chi connectivity index (χ1v) is 4.57. The van der Waals surface area contributed by atoms with E-state index < -0.39 is 41.6 Å². The van der Waals surface area contributed by atoms with Crippen LogP contribution in [0.15, 0.2) is 6.07 Å². The summed E-state index contributed by atoms with van der Waals surface area (Å²) < 4.78 is 76.6. The van der Waals surface area contributed by atoms with E-state index in [1.54, 1.807) is 0 Å². The van der Waals surface area contributed by atoms with Crippen LogP contribution in [0.25, 0.3) is 0 Å². The van der Waals surface area contributed by atoms with Crippen molar-refractivity contribution in [1.82, 2.24) is 4.98 Å². The summed E-state index contributed by atoms with van der Waals surface area (Å²) in [5, 5.41) is 0. The Hall–Kier alpha value is -1.18. The maximum absolute atomic E-state index is 12.7. The van der Waals surface area contributed by atoms with Gasteiger partial charge in [-0.15, -0.1) is 24.8 Å². The Balaban J connectivity index is 3.28. The van der Waals surface area contributed by atoms with E-state index in [0.717, 1.165) is 0 Å². The van der Waals surface area contributed by atoms with Gasteiger partial charge in [-0.3, -0.25) is 0 Å². The number of halogens is 7. The quantitative estimate of drug-likeness (QED) is 0.477. The lowest BCUT2D eigenvalue weighted by molar-refractivity contribution is -0.276.